The summed E-state index contributed by atoms with van der Waals surface area (Å²) in [7, 11) is -4.21. The molecule has 23 heavy (non-hydrogen) atoms. The molecule has 5 heteroatoms. The van der Waals surface area contributed by atoms with Gasteiger partial charge in [-0.3, -0.25) is 4.55 Å². The molecular weight excluding hydrogens is 303 g/mol. The van der Waals surface area contributed by atoms with E-state index in [-0.39, 0.29) is 23.8 Å². The molecule has 3 nitrogen and oxygen atoms in total. The molecule has 0 aliphatic rings. The third-order valence-corrected chi connectivity index (χ3v) is 5.02. The van der Waals surface area contributed by atoms with E-state index in [0.717, 1.165) is 23.8 Å². The summed E-state index contributed by atoms with van der Waals surface area (Å²) in [5, 5.41) is 1.44. The van der Waals surface area contributed by atoms with Crippen molar-refractivity contribution in [2.75, 3.05) is 0 Å². The van der Waals surface area contributed by atoms with Crippen LogP contribution in [0.3, 0.4) is 0 Å². The number of fused-ring (bicyclic) bond motifs is 1. The summed E-state index contributed by atoms with van der Waals surface area (Å²) in [5.74, 6) is 0. The van der Waals surface area contributed by atoms with E-state index >= 15 is 0 Å². The SMILES string of the molecule is CCCCCCCCc1ccc2ccccc2c1S(=O)(=O)O.[Li]. The van der Waals surface area contributed by atoms with Crippen LogP contribution in [0, 0.1) is 0 Å². The van der Waals surface area contributed by atoms with Gasteiger partial charge in [-0.15, -0.1) is 0 Å². The van der Waals surface area contributed by atoms with Crippen LogP contribution in [-0.2, 0) is 16.5 Å². The summed E-state index contributed by atoms with van der Waals surface area (Å²) in [4.78, 5) is 0.0826. The van der Waals surface area contributed by atoms with Gasteiger partial charge in [0.15, 0.2) is 0 Å². The van der Waals surface area contributed by atoms with E-state index in [1.54, 1.807) is 12.1 Å². The molecule has 121 valence electrons. The Labute approximate surface area is 151 Å². The second-order valence-electron chi connectivity index (χ2n) is 5.77. The van der Waals surface area contributed by atoms with Crippen LogP contribution in [0.25, 0.3) is 10.8 Å². The van der Waals surface area contributed by atoms with E-state index in [2.05, 4.69) is 6.92 Å². The Kier molecular flexibility index (Phi) is 8.36. The van der Waals surface area contributed by atoms with Crippen LogP contribution in [0.4, 0.5) is 0 Å². The summed E-state index contributed by atoms with van der Waals surface area (Å²) in [5.41, 5.74) is 0.719. The molecule has 0 atom stereocenters. The first-order valence-electron chi connectivity index (χ1n) is 8.02. The number of aryl methyl sites for hydroxylation is 1. The Bertz CT molecular complexity index is 726. The Morgan fingerprint density at radius 2 is 1.57 bits per heavy atom. The first kappa shape index (κ1) is 20.3. The van der Waals surface area contributed by atoms with E-state index in [0.29, 0.717) is 11.8 Å². The molecule has 2 aromatic rings. The van der Waals surface area contributed by atoms with Gasteiger partial charge in [0.1, 0.15) is 4.90 Å². The molecule has 0 amide bonds. The van der Waals surface area contributed by atoms with Gasteiger partial charge in [0.05, 0.1) is 0 Å². The van der Waals surface area contributed by atoms with Gasteiger partial charge in [-0.25, -0.2) is 0 Å². The molecule has 0 bridgehead atoms. The number of hydrogen-bond donors (Lipinski definition) is 1. The largest absolute Gasteiger partial charge is 0.295 e. The average molecular weight is 327 g/mol. The van der Waals surface area contributed by atoms with Crippen LogP contribution in [0.2, 0.25) is 0 Å². The first-order valence-corrected chi connectivity index (χ1v) is 9.46. The predicted molar refractivity (Wildman–Crippen MR) is 96.6 cm³/mol. The molecular formula is C18H24LiO3S. The molecule has 0 aromatic heterocycles. The molecule has 0 spiro atoms. The molecule has 0 unspecified atom stereocenters. The van der Waals surface area contributed by atoms with Crippen molar-refractivity contribution < 1.29 is 13.0 Å². The predicted octanol–water partition coefficient (Wildman–Crippen LogP) is 4.61. The minimum Gasteiger partial charge on any atom is -0.282 e. The van der Waals surface area contributed by atoms with Gasteiger partial charge in [-0.2, -0.15) is 8.42 Å². The zero-order valence-corrected chi connectivity index (χ0v) is 14.9. The van der Waals surface area contributed by atoms with Gasteiger partial charge >= 0.3 is 0 Å². The average Bonchev–Trinajstić information content (AvgIpc) is 2.49. The van der Waals surface area contributed by atoms with Crippen molar-refractivity contribution in [1.82, 2.24) is 0 Å². The summed E-state index contributed by atoms with van der Waals surface area (Å²) < 4.78 is 33.2. The first-order chi connectivity index (χ1) is 10.5. The Balaban J connectivity index is 0.00000264. The standard InChI is InChI=1S/C18H24O3S.Li/c1-2-3-4-5-6-7-11-16-14-13-15-10-8-9-12-17(15)18(16)22(19,20)21;/h8-10,12-14H,2-7,11H2,1H3,(H,19,20,21);. The molecule has 0 saturated heterocycles. The molecule has 2 rings (SSSR count). The molecule has 2 aromatic carbocycles. The van der Waals surface area contributed by atoms with Gasteiger partial charge in [0.25, 0.3) is 10.1 Å². The number of benzene rings is 2. The zero-order chi connectivity index (χ0) is 16.0. The molecule has 1 N–H and O–H groups in total. The van der Waals surface area contributed by atoms with Crippen molar-refractivity contribution in [2.24, 2.45) is 0 Å². The van der Waals surface area contributed by atoms with E-state index in [9.17, 15) is 13.0 Å². The number of unbranched alkanes of at least 4 members (excludes halogenated alkanes) is 5. The van der Waals surface area contributed by atoms with Gasteiger partial charge in [-0.1, -0.05) is 75.4 Å². The molecule has 0 fully saturated rings. The minimum absolute atomic E-state index is 0. The van der Waals surface area contributed by atoms with Gasteiger partial charge < -0.3 is 0 Å². The number of hydrogen-bond acceptors (Lipinski definition) is 2. The van der Waals surface area contributed by atoms with E-state index in [1.807, 2.05) is 24.3 Å². The van der Waals surface area contributed by atoms with Crippen molar-refractivity contribution in [1.29, 1.82) is 0 Å². The van der Waals surface area contributed by atoms with E-state index in [4.69, 9.17) is 0 Å². The van der Waals surface area contributed by atoms with Crippen LogP contribution in [0.5, 0.6) is 0 Å². The zero-order valence-electron chi connectivity index (χ0n) is 14.1. The van der Waals surface area contributed by atoms with Crippen LogP contribution in [-0.4, -0.2) is 31.8 Å². The number of rotatable bonds is 8. The fraction of sp³-hybridized carbons (Fsp3) is 0.444. The van der Waals surface area contributed by atoms with E-state index in [1.165, 1.54) is 25.7 Å². The van der Waals surface area contributed by atoms with Crippen LogP contribution in [0.15, 0.2) is 41.3 Å². The van der Waals surface area contributed by atoms with Crippen LogP contribution in [0.1, 0.15) is 51.0 Å². The van der Waals surface area contributed by atoms with Crippen molar-refractivity contribution >= 4 is 39.8 Å². The maximum absolute atomic E-state index is 11.8. The summed E-state index contributed by atoms with van der Waals surface area (Å²) in [6.07, 6.45) is 7.63. The minimum atomic E-state index is -4.21. The second-order valence-corrected chi connectivity index (χ2v) is 7.13. The van der Waals surface area contributed by atoms with Gasteiger partial charge in [0, 0.05) is 24.2 Å². The quantitative estimate of drug-likeness (QED) is 0.438. The molecule has 0 aliphatic heterocycles. The summed E-state index contributed by atoms with van der Waals surface area (Å²) in [6, 6.07) is 11.0. The monoisotopic (exact) mass is 327 g/mol. The molecule has 0 saturated carbocycles. The third kappa shape index (κ3) is 5.65. The maximum Gasteiger partial charge on any atom is 0.295 e. The summed E-state index contributed by atoms with van der Waals surface area (Å²) >= 11 is 0. The van der Waals surface area contributed by atoms with Crippen molar-refractivity contribution in [3.05, 3.63) is 42.0 Å². The maximum atomic E-state index is 11.8. The Morgan fingerprint density at radius 3 is 2.26 bits per heavy atom. The molecule has 1 radical (unpaired) electrons. The van der Waals surface area contributed by atoms with Crippen LogP contribution < -0.4 is 0 Å². The third-order valence-electron chi connectivity index (χ3n) is 4.02. The van der Waals surface area contributed by atoms with Gasteiger partial charge in [-0.05, 0) is 23.8 Å². The summed E-state index contributed by atoms with van der Waals surface area (Å²) in [6.45, 7) is 2.19. The van der Waals surface area contributed by atoms with E-state index < -0.39 is 10.1 Å². The Hall–Kier alpha value is -0.793. The fourth-order valence-corrected chi connectivity index (χ4v) is 3.85. The molecule has 0 heterocycles. The second kappa shape index (κ2) is 9.49. The van der Waals surface area contributed by atoms with Crippen molar-refractivity contribution in [2.45, 2.75) is 56.8 Å². The van der Waals surface area contributed by atoms with Crippen LogP contribution >= 0.6 is 0 Å². The van der Waals surface area contributed by atoms with Crippen molar-refractivity contribution in [3.63, 3.8) is 0 Å². The van der Waals surface area contributed by atoms with Gasteiger partial charge in [0.2, 0.25) is 0 Å². The smallest absolute Gasteiger partial charge is 0.282 e. The topological polar surface area (TPSA) is 54.4 Å². The molecule has 0 aliphatic carbocycles. The van der Waals surface area contributed by atoms with Crippen molar-refractivity contribution in [3.8, 4) is 0 Å². The fourth-order valence-electron chi connectivity index (χ4n) is 2.89. The Morgan fingerprint density at radius 1 is 0.913 bits per heavy atom. The normalized spacial score (nSPS) is 11.4.